The highest BCUT2D eigenvalue weighted by Gasteiger charge is 2.52. The largest absolute Gasteiger partial charge is 0.496 e. The van der Waals surface area contributed by atoms with Crippen molar-refractivity contribution in [1.82, 2.24) is 10.3 Å². The van der Waals surface area contributed by atoms with Crippen LogP contribution in [-0.2, 0) is 14.0 Å². The highest BCUT2D eigenvalue weighted by Crippen LogP contribution is 2.36. The van der Waals surface area contributed by atoms with E-state index in [1.165, 1.54) is 0 Å². The summed E-state index contributed by atoms with van der Waals surface area (Å²) in [6.07, 6.45) is 2.00. The van der Waals surface area contributed by atoms with E-state index >= 15 is 0 Å². The first-order valence-corrected chi connectivity index (χ1v) is 11.5. The molecule has 0 aromatic carbocycles. The topological polar surface area (TPSA) is 103 Å². The van der Waals surface area contributed by atoms with E-state index in [2.05, 4.69) is 30.2 Å². The second kappa shape index (κ2) is 10.3. The van der Waals surface area contributed by atoms with Crippen LogP contribution in [0, 0.1) is 23.2 Å². The average molecular weight is 459 g/mol. The van der Waals surface area contributed by atoms with Crippen LogP contribution >= 0.6 is 0 Å². The number of nitriles is 1. The van der Waals surface area contributed by atoms with Crippen LogP contribution < -0.4 is 15.5 Å². The predicted molar refractivity (Wildman–Crippen MR) is 127 cm³/mol. The molecule has 2 heterocycles. The van der Waals surface area contributed by atoms with Crippen molar-refractivity contribution in [1.29, 1.82) is 5.26 Å². The van der Waals surface area contributed by atoms with Gasteiger partial charge in [-0.2, -0.15) is 5.26 Å². The zero-order chi connectivity index (χ0) is 25.0. The Bertz CT molecular complexity index is 858. The molecule has 1 saturated heterocycles. The minimum atomic E-state index is -0.602. The van der Waals surface area contributed by atoms with Crippen molar-refractivity contribution in [3.05, 3.63) is 17.8 Å². The Morgan fingerprint density at radius 1 is 1.24 bits per heavy atom. The summed E-state index contributed by atoms with van der Waals surface area (Å²) in [6.45, 7) is 18.3. The molecule has 33 heavy (non-hydrogen) atoms. The highest BCUT2D eigenvalue weighted by molar-refractivity contribution is 6.62. The van der Waals surface area contributed by atoms with Crippen molar-refractivity contribution >= 4 is 18.7 Å². The number of nitrogens with one attached hydrogen (secondary N) is 1. The molecule has 1 fully saturated rings. The van der Waals surface area contributed by atoms with E-state index in [1.54, 1.807) is 12.3 Å². The molecule has 182 valence electrons. The third-order valence-electron chi connectivity index (χ3n) is 5.71. The number of hydrogen-bond donors (Lipinski definition) is 1. The number of rotatable bonds is 8. The van der Waals surface area contributed by atoms with Gasteiger partial charge in [-0.05, 0) is 66.9 Å². The van der Waals surface area contributed by atoms with Gasteiger partial charge in [-0.3, -0.25) is 0 Å². The molecule has 1 N–H and O–H groups in total. The molecule has 1 atom stereocenters. The molecule has 1 aliphatic rings. The standard InChI is InChI=1S/C24H38BN3O5/c1-16(2)10-17(13-28-21(29)31-22(3,4)5)15-30-20-18(12-26)11-19(14-27-20)25-32-23(6,7)24(8,9)33-25/h11,14,16-17H,10,13,15H2,1-9H3,(H,28,29). The Labute approximate surface area is 198 Å². The second-order valence-electron chi connectivity index (χ2n) is 11.0. The molecular weight excluding hydrogens is 421 g/mol. The Morgan fingerprint density at radius 3 is 2.36 bits per heavy atom. The lowest BCUT2D eigenvalue weighted by atomic mass is 9.80. The van der Waals surface area contributed by atoms with Crippen LogP contribution in [0.4, 0.5) is 4.79 Å². The predicted octanol–water partition coefficient (Wildman–Crippen LogP) is 3.82. The van der Waals surface area contributed by atoms with Crippen LogP contribution in [0.25, 0.3) is 0 Å². The van der Waals surface area contributed by atoms with Gasteiger partial charge >= 0.3 is 13.2 Å². The van der Waals surface area contributed by atoms with Crippen molar-refractivity contribution in [2.45, 2.75) is 85.5 Å². The van der Waals surface area contributed by atoms with Crippen LogP contribution in [0.2, 0.25) is 0 Å². The summed E-state index contributed by atoms with van der Waals surface area (Å²) in [5.74, 6) is 0.700. The molecule has 2 rings (SSSR count). The van der Waals surface area contributed by atoms with Crippen LogP contribution in [0.3, 0.4) is 0 Å². The van der Waals surface area contributed by atoms with E-state index in [0.717, 1.165) is 6.42 Å². The summed E-state index contributed by atoms with van der Waals surface area (Å²) in [7, 11) is -0.602. The van der Waals surface area contributed by atoms with Gasteiger partial charge in [-0.25, -0.2) is 9.78 Å². The van der Waals surface area contributed by atoms with Crippen LogP contribution in [-0.4, -0.2) is 48.2 Å². The Kier molecular flexibility index (Phi) is 8.42. The quantitative estimate of drug-likeness (QED) is 0.590. The maximum atomic E-state index is 12.0. The van der Waals surface area contributed by atoms with E-state index in [0.29, 0.717) is 30.1 Å². The summed E-state index contributed by atoms with van der Waals surface area (Å²) in [4.78, 5) is 16.4. The van der Waals surface area contributed by atoms with Crippen molar-refractivity contribution in [2.75, 3.05) is 13.2 Å². The van der Waals surface area contributed by atoms with Gasteiger partial charge in [0.25, 0.3) is 0 Å². The zero-order valence-electron chi connectivity index (χ0n) is 21.4. The number of carbonyl (C=O) groups excluding carboxylic acids is 1. The molecule has 0 radical (unpaired) electrons. The van der Waals surface area contributed by atoms with E-state index < -0.39 is 30.0 Å². The van der Waals surface area contributed by atoms with Gasteiger partial charge in [-0.1, -0.05) is 13.8 Å². The van der Waals surface area contributed by atoms with Gasteiger partial charge in [0, 0.05) is 24.1 Å². The number of pyridine rings is 1. The first-order chi connectivity index (χ1) is 15.1. The van der Waals surface area contributed by atoms with Crippen LogP contribution in [0.1, 0.15) is 74.3 Å². The average Bonchev–Trinajstić information content (AvgIpc) is 2.89. The fourth-order valence-electron chi connectivity index (χ4n) is 3.39. The van der Waals surface area contributed by atoms with Gasteiger partial charge in [0.2, 0.25) is 5.88 Å². The summed E-state index contributed by atoms with van der Waals surface area (Å²) < 4.78 is 23.3. The lowest BCUT2D eigenvalue weighted by molar-refractivity contribution is 0.00578. The number of aromatic nitrogens is 1. The molecule has 0 bridgehead atoms. The Hall–Kier alpha value is -2.31. The summed E-state index contributed by atoms with van der Waals surface area (Å²) in [6, 6.07) is 3.85. The van der Waals surface area contributed by atoms with E-state index in [4.69, 9.17) is 18.8 Å². The van der Waals surface area contributed by atoms with Gasteiger partial charge in [0.05, 0.1) is 17.8 Å². The van der Waals surface area contributed by atoms with Gasteiger partial charge in [0.15, 0.2) is 0 Å². The molecule has 9 heteroatoms. The van der Waals surface area contributed by atoms with E-state index in [-0.39, 0.29) is 11.8 Å². The Balaban J connectivity index is 2.05. The number of alkyl carbamates (subject to hydrolysis) is 1. The van der Waals surface area contributed by atoms with E-state index in [9.17, 15) is 10.1 Å². The van der Waals surface area contributed by atoms with Crippen molar-refractivity contribution in [3.63, 3.8) is 0 Å². The van der Waals surface area contributed by atoms with Crippen molar-refractivity contribution in [3.8, 4) is 11.9 Å². The lowest BCUT2D eigenvalue weighted by Gasteiger charge is -2.32. The smallest absolute Gasteiger partial charge is 0.476 e. The van der Waals surface area contributed by atoms with Gasteiger partial charge in [-0.15, -0.1) is 0 Å². The molecular formula is C24H38BN3O5. The first kappa shape index (κ1) is 26.9. The highest BCUT2D eigenvalue weighted by atomic mass is 16.7. The minimum absolute atomic E-state index is 0.0358. The molecule has 0 saturated carbocycles. The normalized spacial score (nSPS) is 18.0. The van der Waals surface area contributed by atoms with Crippen LogP contribution in [0.5, 0.6) is 5.88 Å². The van der Waals surface area contributed by atoms with Gasteiger partial charge < -0.3 is 24.1 Å². The maximum absolute atomic E-state index is 12.0. The third kappa shape index (κ3) is 7.61. The summed E-state index contributed by atoms with van der Waals surface area (Å²) >= 11 is 0. The van der Waals surface area contributed by atoms with E-state index in [1.807, 2.05) is 48.5 Å². The third-order valence-corrected chi connectivity index (χ3v) is 5.71. The molecule has 1 amide bonds. The molecule has 1 unspecified atom stereocenters. The van der Waals surface area contributed by atoms with Crippen LogP contribution in [0.15, 0.2) is 12.3 Å². The zero-order valence-corrected chi connectivity index (χ0v) is 21.4. The maximum Gasteiger partial charge on any atom is 0.496 e. The molecule has 1 aliphatic heterocycles. The molecule has 1 aromatic rings. The number of nitrogens with zero attached hydrogens (tertiary/aromatic N) is 2. The fourth-order valence-corrected chi connectivity index (χ4v) is 3.39. The number of ether oxygens (including phenoxy) is 2. The van der Waals surface area contributed by atoms with Crippen molar-refractivity contribution in [2.24, 2.45) is 11.8 Å². The van der Waals surface area contributed by atoms with Crippen molar-refractivity contribution < 1.29 is 23.6 Å². The number of carbonyl (C=O) groups is 1. The molecule has 0 spiro atoms. The monoisotopic (exact) mass is 459 g/mol. The summed E-state index contributed by atoms with van der Waals surface area (Å²) in [5, 5.41) is 12.5. The number of hydrogen-bond acceptors (Lipinski definition) is 7. The Morgan fingerprint density at radius 2 is 1.85 bits per heavy atom. The minimum Gasteiger partial charge on any atom is -0.476 e. The fraction of sp³-hybridized carbons (Fsp3) is 0.708. The summed E-state index contributed by atoms with van der Waals surface area (Å²) in [5.41, 5.74) is -0.539. The molecule has 8 nitrogen and oxygen atoms in total. The van der Waals surface area contributed by atoms with Gasteiger partial charge in [0.1, 0.15) is 17.2 Å². The lowest BCUT2D eigenvalue weighted by Crippen LogP contribution is -2.41. The molecule has 0 aliphatic carbocycles. The first-order valence-electron chi connectivity index (χ1n) is 11.5. The second-order valence-corrected chi connectivity index (χ2v) is 11.0. The SMILES string of the molecule is CC(C)CC(CNC(=O)OC(C)(C)C)COc1ncc(B2OC(C)(C)C(C)(C)O2)cc1C#N. The molecule has 1 aromatic heterocycles. The number of amides is 1.